The van der Waals surface area contributed by atoms with E-state index < -0.39 is 0 Å². The number of fused-ring (bicyclic) bond motifs is 3. The summed E-state index contributed by atoms with van der Waals surface area (Å²) in [6.45, 7) is 3.07. The number of rotatable bonds is 4. The zero-order valence-electron chi connectivity index (χ0n) is 16.1. The lowest BCUT2D eigenvalue weighted by Gasteiger charge is -2.24. The van der Waals surface area contributed by atoms with Crippen LogP contribution in [-0.2, 0) is 12.8 Å². The largest absolute Gasteiger partial charge is 0.326 e. The van der Waals surface area contributed by atoms with E-state index in [1.807, 2.05) is 17.4 Å². The second kappa shape index (κ2) is 7.36. The van der Waals surface area contributed by atoms with Crippen molar-refractivity contribution in [2.45, 2.75) is 32.6 Å². The number of aromatic nitrogens is 2. The van der Waals surface area contributed by atoms with Crippen molar-refractivity contribution in [2.75, 3.05) is 11.4 Å². The molecule has 0 unspecified atom stereocenters. The van der Waals surface area contributed by atoms with Crippen LogP contribution in [0.4, 0.5) is 11.5 Å². The van der Waals surface area contributed by atoms with Gasteiger partial charge in [0.2, 0.25) is 0 Å². The smallest absolute Gasteiger partial charge is 0.163 e. The lowest BCUT2D eigenvalue weighted by atomic mass is 9.96. The molecule has 0 N–H and O–H groups in total. The Hall–Kier alpha value is -2.72. The summed E-state index contributed by atoms with van der Waals surface area (Å²) >= 11 is 1.87. The van der Waals surface area contributed by atoms with E-state index in [2.05, 4.69) is 66.4 Å². The number of aryl methyl sites for hydroxylation is 2. The number of benzene rings is 2. The van der Waals surface area contributed by atoms with Crippen LogP contribution in [0.25, 0.3) is 21.6 Å². The molecular formula is C24H23N3S. The second-order valence-electron chi connectivity index (χ2n) is 7.21. The van der Waals surface area contributed by atoms with E-state index in [4.69, 9.17) is 9.97 Å². The molecule has 2 aromatic carbocycles. The first-order chi connectivity index (χ1) is 13.8. The Morgan fingerprint density at radius 2 is 1.61 bits per heavy atom. The molecule has 0 fully saturated rings. The predicted octanol–water partition coefficient (Wildman–Crippen LogP) is 6.40. The zero-order chi connectivity index (χ0) is 18.9. The van der Waals surface area contributed by atoms with Gasteiger partial charge in [-0.15, -0.1) is 11.3 Å². The number of thiophene rings is 1. The van der Waals surface area contributed by atoms with Gasteiger partial charge in [0.1, 0.15) is 10.6 Å². The van der Waals surface area contributed by atoms with Gasteiger partial charge in [0.15, 0.2) is 5.82 Å². The highest BCUT2D eigenvalue weighted by Gasteiger charge is 2.24. The van der Waals surface area contributed by atoms with Crippen LogP contribution >= 0.6 is 11.3 Å². The third-order valence-electron chi connectivity index (χ3n) is 5.47. The lowest BCUT2D eigenvalue weighted by molar-refractivity contribution is 0.700. The van der Waals surface area contributed by atoms with Gasteiger partial charge in [0.05, 0.1) is 5.39 Å². The molecule has 4 aromatic rings. The molecular weight excluding hydrogens is 362 g/mol. The molecule has 2 heterocycles. The maximum absolute atomic E-state index is 5.12. The topological polar surface area (TPSA) is 29.0 Å². The number of anilines is 2. The molecule has 1 aliphatic rings. The normalized spacial score (nSPS) is 13.5. The van der Waals surface area contributed by atoms with E-state index in [1.54, 1.807) is 0 Å². The Balaban J connectivity index is 1.78. The van der Waals surface area contributed by atoms with Gasteiger partial charge in [-0.25, -0.2) is 9.97 Å². The monoisotopic (exact) mass is 385 g/mol. The molecule has 140 valence electrons. The van der Waals surface area contributed by atoms with Gasteiger partial charge in [-0.1, -0.05) is 48.5 Å². The average Bonchev–Trinajstić information content (AvgIpc) is 3.14. The van der Waals surface area contributed by atoms with Gasteiger partial charge in [0, 0.05) is 22.7 Å². The molecule has 0 saturated carbocycles. The highest BCUT2D eigenvalue weighted by atomic mass is 32.1. The first kappa shape index (κ1) is 17.4. The molecule has 0 spiro atoms. The number of nitrogens with zero attached hydrogens (tertiary/aromatic N) is 3. The maximum Gasteiger partial charge on any atom is 0.163 e. The standard InChI is InChI=1S/C24H23N3S/c1-2-27(18-13-7-4-8-14-18)23-21-19-15-9-10-16-20(19)28-24(21)26-22(25-23)17-11-5-3-6-12-17/h3-8,11-14H,2,9-10,15-16H2,1H3. The van der Waals surface area contributed by atoms with E-state index >= 15 is 0 Å². The van der Waals surface area contributed by atoms with Crippen LogP contribution in [0.5, 0.6) is 0 Å². The van der Waals surface area contributed by atoms with E-state index in [0.717, 1.165) is 35.0 Å². The van der Waals surface area contributed by atoms with Gasteiger partial charge in [-0.2, -0.15) is 0 Å². The molecule has 2 aromatic heterocycles. The van der Waals surface area contributed by atoms with Crippen LogP contribution in [0.2, 0.25) is 0 Å². The van der Waals surface area contributed by atoms with Crippen LogP contribution in [0.15, 0.2) is 60.7 Å². The summed E-state index contributed by atoms with van der Waals surface area (Å²) in [6.07, 6.45) is 4.86. The fourth-order valence-corrected chi connectivity index (χ4v) is 5.37. The van der Waals surface area contributed by atoms with E-state index in [-0.39, 0.29) is 0 Å². The predicted molar refractivity (Wildman–Crippen MR) is 119 cm³/mol. The van der Waals surface area contributed by atoms with Gasteiger partial charge in [-0.05, 0) is 50.3 Å². The van der Waals surface area contributed by atoms with Crippen molar-refractivity contribution in [3.63, 3.8) is 0 Å². The van der Waals surface area contributed by atoms with Crippen LogP contribution in [0.3, 0.4) is 0 Å². The summed E-state index contributed by atoms with van der Waals surface area (Å²) < 4.78 is 0. The molecule has 0 amide bonds. The SMILES string of the molecule is CCN(c1ccccc1)c1nc(-c2ccccc2)nc2sc3c(c12)CCCC3. The molecule has 0 atom stereocenters. The molecule has 28 heavy (non-hydrogen) atoms. The molecule has 1 aliphatic carbocycles. The Bertz CT molecular complexity index is 1100. The van der Waals surface area contributed by atoms with Crippen LogP contribution < -0.4 is 4.90 Å². The first-order valence-corrected chi connectivity index (χ1v) is 10.9. The number of hydrogen-bond donors (Lipinski definition) is 0. The first-order valence-electron chi connectivity index (χ1n) is 10.1. The molecule has 0 radical (unpaired) electrons. The van der Waals surface area contributed by atoms with Crippen molar-refractivity contribution >= 4 is 33.1 Å². The van der Waals surface area contributed by atoms with E-state index in [9.17, 15) is 0 Å². The van der Waals surface area contributed by atoms with Crippen molar-refractivity contribution in [1.82, 2.24) is 9.97 Å². The molecule has 0 bridgehead atoms. The van der Waals surface area contributed by atoms with Crippen molar-refractivity contribution in [3.8, 4) is 11.4 Å². The highest BCUT2D eigenvalue weighted by Crippen LogP contribution is 2.42. The van der Waals surface area contributed by atoms with Crippen LogP contribution in [-0.4, -0.2) is 16.5 Å². The van der Waals surface area contributed by atoms with Gasteiger partial charge < -0.3 is 4.90 Å². The van der Waals surface area contributed by atoms with E-state index in [1.165, 1.54) is 40.8 Å². The fourth-order valence-electron chi connectivity index (χ4n) is 4.11. The van der Waals surface area contributed by atoms with Crippen LogP contribution in [0.1, 0.15) is 30.2 Å². The highest BCUT2D eigenvalue weighted by molar-refractivity contribution is 7.19. The quantitative estimate of drug-likeness (QED) is 0.407. The third-order valence-corrected chi connectivity index (χ3v) is 6.65. The minimum Gasteiger partial charge on any atom is -0.326 e. The van der Waals surface area contributed by atoms with Gasteiger partial charge in [0.25, 0.3) is 0 Å². The Labute approximate surface area is 169 Å². The molecule has 5 rings (SSSR count). The summed E-state index contributed by atoms with van der Waals surface area (Å²) in [5.41, 5.74) is 3.73. The Morgan fingerprint density at radius 1 is 0.893 bits per heavy atom. The summed E-state index contributed by atoms with van der Waals surface area (Å²) in [5, 5.41) is 1.27. The molecule has 3 nitrogen and oxygen atoms in total. The summed E-state index contributed by atoms with van der Waals surface area (Å²) in [7, 11) is 0. The maximum atomic E-state index is 5.12. The number of para-hydroxylation sites is 1. The molecule has 4 heteroatoms. The number of hydrogen-bond acceptors (Lipinski definition) is 4. The molecule has 0 aliphatic heterocycles. The minimum absolute atomic E-state index is 0.816. The summed E-state index contributed by atoms with van der Waals surface area (Å²) in [6, 6.07) is 20.9. The Kier molecular flexibility index (Phi) is 4.57. The van der Waals surface area contributed by atoms with Crippen molar-refractivity contribution in [2.24, 2.45) is 0 Å². The zero-order valence-corrected chi connectivity index (χ0v) is 16.9. The van der Waals surface area contributed by atoms with Crippen molar-refractivity contribution in [1.29, 1.82) is 0 Å². The second-order valence-corrected chi connectivity index (χ2v) is 8.29. The minimum atomic E-state index is 0.816. The van der Waals surface area contributed by atoms with Gasteiger partial charge >= 0.3 is 0 Å². The molecule has 0 saturated heterocycles. The summed E-state index contributed by atoms with van der Waals surface area (Å²) in [4.78, 5) is 15.1. The van der Waals surface area contributed by atoms with Crippen molar-refractivity contribution in [3.05, 3.63) is 71.1 Å². The third kappa shape index (κ3) is 2.98. The Morgan fingerprint density at radius 3 is 2.36 bits per heavy atom. The summed E-state index contributed by atoms with van der Waals surface area (Å²) in [5.74, 6) is 1.87. The lowest BCUT2D eigenvalue weighted by Crippen LogP contribution is -2.18. The van der Waals surface area contributed by atoms with Crippen molar-refractivity contribution < 1.29 is 0 Å². The van der Waals surface area contributed by atoms with Gasteiger partial charge in [-0.3, -0.25) is 0 Å². The fraction of sp³-hybridized carbons (Fsp3) is 0.250. The average molecular weight is 386 g/mol. The van der Waals surface area contributed by atoms with Crippen LogP contribution in [0, 0.1) is 0 Å². The van der Waals surface area contributed by atoms with E-state index in [0.29, 0.717) is 0 Å².